The van der Waals surface area contributed by atoms with Gasteiger partial charge in [-0.15, -0.1) is 0 Å². The Morgan fingerprint density at radius 1 is 0.381 bits per heavy atom. The standard InChI is InChI=1S/C63H105N3O47/c1-14-30(78)36(84)41(89)57(98-14)107-48-25(12-72)104-56(29(66-18(5)75)51(48)110-59-43(91)38(86)33(81)21(8-68)101-59)111-52-35(83)26(105-60(44(52)92)106-46-23(10-70)100-54(94)40(88)39(46)87)13-97-55-28(65-17(4)74)50(109-58-42(90)37(85)31(79)15(2)99-58)47(24(11-71)103-55)108-61-45(93)53(34(82)22(9-69)102-61)113-63(62(95)96)6-19(76)27(64-16(3)73)49(112-63)32(80)20(77)7-67/h14-15,19-61,67-72,76-94H,6-13H2,1-5H3,(H,64,73)(H,65,74)(H,66,75)(H,95,96)/t14-,15-,19-,20+,21+,22+,23+,24+,25+,26+,27+,28+,29+,30+,31+,32+,33-,34-,35-,36+,37+,38-,39+,40+,41-,42-,43+,44+,45+,46+,47+,48+,49+,50+,51+,52-,53-,54?,55+,56-,57-,58-,59-,60-,61-,63-/m0/s1. The van der Waals surface area contributed by atoms with Crippen molar-refractivity contribution in [2.75, 3.05) is 46.2 Å². The fourth-order valence-corrected chi connectivity index (χ4v) is 14.7. The maximum absolute atomic E-state index is 13.6. The highest BCUT2D eigenvalue weighted by atomic mass is 16.8. The summed E-state index contributed by atoms with van der Waals surface area (Å²) in [6.45, 7) is -3.14. The van der Waals surface area contributed by atoms with Gasteiger partial charge in [0.1, 0.15) is 201 Å². The molecule has 113 heavy (non-hydrogen) atoms. The van der Waals surface area contributed by atoms with Crippen LogP contribution < -0.4 is 16.0 Å². The van der Waals surface area contributed by atoms with Crippen molar-refractivity contribution >= 4 is 23.7 Å². The topological polar surface area (TPSA) is 787 Å². The lowest BCUT2D eigenvalue weighted by Gasteiger charge is -2.52. The highest BCUT2D eigenvalue weighted by Gasteiger charge is 2.64. The van der Waals surface area contributed by atoms with Crippen LogP contribution in [0.15, 0.2) is 0 Å². The van der Waals surface area contributed by atoms with Crippen LogP contribution in [0.3, 0.4) is 0 Å². The quantitative estimate of drug-likeness (QED) is 0.0331. The van der Waals surface area contributed by atoms with Crippen LogP contribution in [0.2, 0.25) is 0 Å². The third kappa shape index (κ3) is 20.1. The number of carboxylic acids is 1. The van der Waals surface area contributed by atoms with Gasteiger partial charge in [0, 0.05) is 27.2 Å². The van der Waals surface area contributed by atoms with E-state index in [1.54, 1.807) is 0 Å². The first kappa shape index (κ1) is 93.1. The van der Waals surface area contributed by atoms with Gasteiger partial charge in [0.2, 0.25) is 17.7 Å². The average molecular weight is 1660 g/mol. The maximum atomic E-state index is 13.6. The summed E-state index contributed by atoms with van der Waals surface area (Å²) in [7, 11) is 0. The Bertz CT molecular complexity index is 3040. The Labute approximate surface area is 639 Å². The molecule has 9 saturated heterocycles. The molecule has 0 aliphatic carbocycles. The van der Waals surface area contributed by atoms with Gasteiger partial charge in [-0.1, -0.05) is 0 Å². The number of hydrogen-bond donors (Lipinski definition) is 29. The number of rotatable bonds is 29. The van der Waals surface area contributed by atoms with E-state index in [9.17, 15) is 152 Å². The zero-order chi connectivity index (χ0) is 83.6. The van der Waals surface area contributed by atoms with Gasteiger partial charge in [-0.3, -0.25) is 14.4 Å². The van der Waals surface area contributed by atoms with E-state index in [1.165, 1.54) is 13.8 Å². The van der Waals surface area contributed by atoms with E-state index in [-0.39, 0.29) is 0 Å². The summed E-state index contributed by atoms with van der Waals surface area (Å²) in [6, 6.07) is -5.87. The normalized spacial score (nSPS) is 49.2. The number of aliphatic carboxylic acids is 1. The van der Waals surface area contributed by atoms with E-state index in [4.69, 9.17) is 80.5 Å². The van der Waals surface area contributed by atoms with Crippen molar-refractivity contribution in [3.8, 4) is 0 Å². The second-order valence-corrected chi connectivity index (χ2v) is 28.8. The summed E-state index contributed by atoms with van der Waals surface area (Å²) >= 11 is 0. The third-order valence-electron chi connectivity index (χ3n) is 20.8. The van der Waals surface area contributed by atoms with Crippen LogP contribution in [0.5, 0.6) is 0 Å². The van der Waals surface area contributed by atoms with E-state index in [2.05, 4.69) is 16.0 Å². The molecule has 9 aliphatic heterocycles. The van der Waals surface area contributed by atoms with Gasteiger partial charge in [-0.25, -0.2) is 4.79 Å². The Hall–Kier alpha value is -3.80. The fraction of sp³-hybridized carbons (Fsp3) is 0.937. The van der Waals surface area contributed by atoms with Crippen LogP contribution in [0.1, 0.15) is 41.0 Å². The summed E-state index contributed by atoms with van der Waals surface area (Å²) in [4.78, 5) is 52.7. The predicted molar refractivity (Wildman–Crippen MR) is 346 cm³/mol. The zero-order valence-corrected chi connectivity index (χ0v) is 60.8. The van der Waals surface area contributed by atoms with Crippen molar-refractivity contribution in [3.05, 3.63) is 0 Å². The van der Waals surface area contributed by atoms with Crippen molar-refractivity contribution < 1.29 is 232 Å². The van der Waals surface area contributed by atoms with Crippen LogP contribution in [-0.2, 0) is 99.7 Å². The summed E-state index contributed by atoms with van der Waals surface area (Å²) in [6.07, 6.45) is -90.7. The molecule has 0 aromatic heterocycles. The number of carboxylic acid groups (broad SMARTS) is 1. The molecule has 654 valence electrons. The molecular weight excluding hydrogens is 1550 g/mol. The zero-order valence-electron chi connectivity index (χ0n) is 60.8. The summed E-state index contributed by atoms with van der Waals surface area (Å²) in [5, 5.41) is 295. The van der Waals surface area contributed by atoms with Crippen molar-refractivity contribution in [2.24, 2.45) is 0 Å². The number of carbonyl (C=O) groups excluding carboxylic acids is 3. The van der Waals surface area contributed by atoms with Gasteiger partial charge in [0.05, 0.1) is 70.6 Å². The number of nitrogens with one attached hydrogen (secondary N) is 3. The van der Waals surface area contributed by atoms with Crippen LogP contribution in [0, 0.1) is 0 Å². The number of amides is 3. The maximum Gasteiger partial charge on any atom is 0.364 e. The van der Waals surface area contributed by atoms with Crippen LogP contribution >= 0.6 is 0 Å². The van der Waals surface area contributed by atoms with Crippen molar-refractivity contribution in [2.45, 2.75) is 323 Å². The van der Waals surface area contributed by atoms with E-state index >= 15 is 0 Å². The van der Waals surface area contributed by atoms with E-state index in [1.807, 2.05) is 0 Å². The van der Waals surface area contributed by atoms with Crippen LogP contribution in [-0.4, -0.2) is 484 Å². The van der Waals surface area contributed by atoms with Crippen LogP contribution in [0.4, 0.5) is 0 Å². The first-order chi connectivity index (χ1) is 53.2. The third-order valence-corrected chi connectivity index (χ3v) is 20.8. The number of aliphatic hydroxyl groups excluding tert-OH is 25. The number of ether oxygens (including phenoxy) is 17. The number of hydrogen-bond acceptors (Lipinski definition) is 46. The second kappa shape index (κ2) is 39.6. The smallest absolute Gasteiger partial charge is 0.364 e. The molecule has 50 heteroatoms. The Morgan fingerprint density at radius 2 is 0.752 bits per heavy atom. The molecular formula is C63H105N3O47. The van der Waals surface area contributed by atoms with Gasteiger partial charge in [-0.2, -0.15) is 0 Å². The van der Waals surface area contributed by atoms with Gasteiger partial charge in [-0.05, 0) is 13.8 Å². The molecule has 0 saturated carbocycles. The average Bonchev–Trinajstić information content (AvgIpc) is 0.760. The molecule has 50 nitrogen and oxygen atoms in total. The molecule has 0 bridgehead atoms. The van der Waals surface area contributed by atoms with E-state index in [0.717, 1.165) is 20.8 Å². The molecule has 9 fully saturated rings. The van der Waals surface area contributed by atoms with Crippen molar-refractivity contribution in [1.82, 2.24) is 16.0 Å². The first-order valence-electron chi connectivity index (χ1n) is 36.0. The summed E-state index contributed by atoms with van der Waals surface area (Å²) < 4.78 is 102. The van der Waals surface area contributed by atoms with Gasteiger partial charge >= 0.3 is 5.97 Å². The summed E-state index contributed by atoms with van der Waals surface area (Å²) in [5.74, 6) is -8.45. The lowest BCUT2D eigenvalue weighted by atomic mass is 9.88. The Morgan fingerprint density at radius 3 is 1.22 bits per heavy atom. The monoisotopic (exact) mass is 1660 g/mol. The summed E-state index contributed by atoms with van der Waals surface area (Å²) in [5.41, 5.74) is 0. The van der Waals surface area contributed by atoms with Crippen molar-refractivity contribution in [3.63, 3.8) is 0 Å². The lowest BCUT2D eigenvalue weighted by molar-refractivity contribution is -0.397. The molecule has 46 atom stereocenters. The van der Waals surface area contributed by atoms with E-state index in [0.29, 0.717) is 0 Å². The molecule has 9 rings (SSSR count). The predicted octanol–water partition coefficient (Wildman–Crippen LogP) is -18.9. The molecule has 9 aliphatic rings. The molecule has 1 unspecified atom stereocenters. The highest BCUT2D eigenvalue weighted by molar-refractivity contribution is 5.77. The largest absolute Gasteiger partial charge is 0.477 e. The Kier molecular flexibility index (Phi) is 32.6. The minimum absolute atomic E-state index is 0.887. The minimum Gasteiger partial charge on any atom is -0.477 e. The highest BCUT2D eigenvalue weighted by Crippen LogP contribution is 2.42. The van der Waals surface area contributed by atoms with Gasteiger partial charge in [0.15, 0.2) is 50.3 Å². The number of carbonyl (C=O) groups is 4. The molecule has 0 aromatic carbocycles. The minimum atomic E-state index is -3.34. The fourth-order valence-electron chi connectivity index (χ4n) is 14.7. The molecule has 3 amide bonds. The lowest BCUT2D eigenvalue weighted by Crippen LogP contribution is -2.72. The number of aliphatic hydroxyl groups is 25. The Balaban J connectivity index is 1.08. The SMILES string of the molecule is CC(=O)N[C@H]1[C@H](O[C@H]2[C@@H](O)[C@@H](CO[C@@H]3O[C@H](CO)[C@@H](O[C@@H]4O[C@H](CO)[C@H](O)[C@H](O[C@]5(C(=O)O)C[C@H](O)[C@@H](NC(C)=O)[C@H]([C@H](O)[C@H](O)CO)O5)[C@H]4O)[C@H](O[C@@H]4O[C@@H](C)[C@@H](O)[C@@H](O)[C@@H]4O)[C@H]3NC(C)=O)O[C@@H](O[C@H]3[C@H](O)[C@@H](O)C(O)O[C@@H]3CO)[C@@H]2O)O[C@H](CO)[C@@H](O[C@@H]2O[C@@H](C)[C@@H](O)[C@@H](O)[C@@H]2O)[C@@H]1O[C@@H]1O[C@H](CO)[C@H](O)[C@H](O)[C@H]1O. The van der Waals surface area contributed by atoms with Crippen LogP contribution in [0.25, 0.3) is 0 Å². The first-order valence-corrected chi connectivity index (χ1v) is 36.0. The van der Waals surface area contributed by atoms with E-state index < -0.39 is 358 Å². The molecule has 0 radical (unpaired) electrons. The molecule has 9 heterocycles. The molecule has 0 aromatic rings. The van der Waals surface area contributed by atoms with Gasteiger partial charge in [0.25, 0.3) is 5.79 Å². The molecule has 0 spiro atoms. The van der Waals surface area contributed by atoms with Gasteiger partial charge < -0.3 is 229 Å². The van der Waals surface area contributed by atoms with Crippen molar-refractivity contribution in [1.29, 1.82) is 0 Å². The second-order valence-electron chi connectivity index (χ2n) is 28.8. The molecule has 29 N–H and O–H groups in total.